The van der Waals surface area contributed by atoms with E-state index in [1.807, 2.05) is 0 Å². The third-order valence-corrected chi connectivity index (χ3v) is 8.82. The maximum atomic E-state index is 2.45. The lowest BCUT2D eigenvalue weighted by Crippen LogP contribution is -2.28. The van der Waals surface area contributed by atoms with Gasteiger partial charge in [-0.15, -0.1) is 0 Å². The van der Waals surface area contributed by atoms with Gasteiger partial charge in [-0.05, 0) is 83.1 Å². The number of aryl methyl sites for hydroxylation is 2. The molecule has 40 heavy (non-hydrogen) atoms. The van der Waals surface area contributed by atoms with Crippen LogP contribution in [0.1, 0.15) is 33.4 Å². The van der Waals surface area contributed by atoms with E-state index in [1.54, 1.807) is 0 Å². The Hall–Kier alpha value is -4.88. The predicted octanol–water partition coefficient (Wildman–Crippen LogP) is 10.1. The second-order valence-electron chi connectivity index (χ2n) is 11.1. The van der Waals surface area contributed by atoms with E-state index in [1.165, 1.54) is 61.3 Å². The minimum absolute atomic E-state index is 0.399. The van der Waals surface area contributed by atoms with E-state index in [9.17, 15) is 0 Å². The summed E-state index contributed by atoms with van der Waals surface area (Å²) in [5, 5.41) is 0. The van der Waals surface area contributed by atoms with Gasteiger partial charge in [0.2, 0.25) is 0 Å². The molecule has 2 aliphatic carbocycles. The van der Waals surface area contributed by atoms with Crippen molar-refractivity contribution < 1.29 is 0 Å². The fourth-order valence-electron chi connectivity index (χ4n) is 7.13. The van der Waals surface area contributed by atoms with Gasteiger partial charge >= 0.3 is 0 Å². The summed E-state index contributed by atoms with van der Waals surface area (Å²) in [7, 11) is 0. The number of fused-ring (bicyclic) bond motifs is 10. The molecule has 1 nitrogen and oxygen atoms in total. The minimum Gasteiger partial charge on any atom is -0.310 e. The highest BCUT2D eigenvalue weighted by Gasteiger charge is 2.53. The summed E-state index contributed by atoms with van der Waals surface area (Å²) in [5.74, 6) is 0. The Balaban J connectivity index is 1.52. The highest BCUT2D eigenvalue weighted by Crippen LogP contribution is 2.65. The van der Waals surface area contributed by atoms with Crippen molar-refractivity contribution >= 4 is 17.1 Å². The Morgan fingerprint density at radius 1 is 0.400 bits per heavy atom. The van der Waals surface area contributed by atoms with Gasteiger partial charge in [-0.2, -0.15) is 0 Å². The molecular weight excluding hydrogens is 482 g/mol. The molecule has 1 spiro atoms. The lowest BCUT2D eigenvalue weighted by atomic mass is 9.70. The molecule has 0 N–H and O–H groups in total. The number of hydrogen-bond donors (Lipinski definition) is 0. The Bertz CT molecular complexity index is 1800. The average molecular weight is 512 g/mol. The van der Waals surface area contributed by atoms with Gasteiger partial charge in [-0.1, -0.05) is 120 Å². The molecule has 0 saturated carbocycles. The van der Waals surface area contributed by atoms with Crippen molar-refractivity contribution in [3.05, 3.63) is 173 Å². The first-order valence-corrected chi connectivity index (χ1v) is 14.0. The first-order chi connectivity index (χ1) is 19.7. The third-order valence-electron chi connectivity index (χ3n) is 8.82. The molecule has 0 unspecified atom stereocenters. The highest BCUT2D eigenvalue weighted by atomic mass is 15.1. The standard InChI is InChI=1S/C39H29N/c1-26-18-22-28(23-19-26)40(29-24-20-27(2)21-25-29)37-17-9-13-33-32-12-5-8-16-36(32)39(38(33)37)34-14-6-3-10-30(34)31-11-4-7-15-35(31)39/h3-25H,1-2H3. The van der Waals surface area contributed by atoms with Crippen molar-refractivity contribution in [1.29, 1.82) is 0 Å². The zero-order valence-corrected chi connectivity index (χ0v) is 22.7. The fraction of sp³-hybridized carbons (Fsp3) is 0.0769. The number of rotatable bonds is 3. The Morgan fingerprint density at radius 2 is 0.800 bits per heavy atom. The molecule has 0 heterocycles. The van der Waals surface area contributed by atoms with Crippen LogP contribution in [-0.4, -0.2) is 0 Å². The van der Waals surface area contributed by atoms with E-state index in [0.717, 1.165) is 11.4 Å². The molecule has 0 atom stereocenters. The topological polar surface area (TPSA) is 3.24 Å². The van der Waals surface area contributed by atoms with E-state index in [-0.39, 0.29) is 0 Å². The lowest BCUT2D eigenvalue weighted by Gasteiger charge is -2.35. The predicted molar refractivity (Wildman–Crippen MR) is 167 cm³/mol. The van der Waals surface area contributed by atoms with Crippen LogP contribution in [0.2, 0.25) is 0 Å². The van der Waals surface area contributed by atoms with Crippen molar-refractivity contribution in [2.75, 3.05) is 4.90 Å². The molecule has 0 radical (unpaired) electrons. The van der Waals surface area contributed by atoms with Gasteiger partial charge in [0.25, 0.3) is 0 Å². The van der Waals surface area contributed by atoms with Crippen molar-refractivity contribution in [3.8, 4) is 22.3 Å². The largest absolute Gasteiger partial charge is 0.310 e. The minimum atomic E-state index is -0.399. The van der Waals surface area contributed by atoms with Gasteiger partial charge in [-0.25, -0.2) is 0 Å². The summed E-state index contributed by atoms with van der Waals surface area (Å²) < 4.78 is 0. The average Bonchev–Trinajstić information content (AvgIpc) is 3.47. The molecule has 0 aromatic heterocycles. The molecule has 0 aliphatic heterocycles. The number of anilines is 3. The highest BCUT2D eigenvalue weighted by molar-refractivity contribution is 5.99. The number of benzene rings is 6. The van der Waals surface area contributed by atoms with Crippen LogP contribution in [0.5, 0.6) is 0 Å². The second-order valence-corrected chi connectivity index (χ2v) is 11.1. The monoisotopic (exact) mass is 511 g/mol. The van der Waals surface area contributed by atoms with Crippen LogP contribution < -0.4 is 4.90 Å². The summed E-state index contributed by atoms with van der Waals surface area (Å²) in [6.07, 6.45) is 0. The summed E-state index contributed by atoms with van der Waals surface area (Å²) in [6, 6.07) is 51.8. The molecule has 6 aromatic rings. The molecule has 1 heteroatoms. The zero-order chi connectivity index (χ0) is 26.8. The maximum absolute atomic E-state index is 2.45. The lowest BCUT2D eigenvalue weighted by molar-refractivity contribution is 0.793. The molecule has 0 bridgehead atoms. The normalized spacial score (nSPS) is 13.4. The van der Waals surface area contributed by atoms with Gasteiger partial charge in [0.05, 0.1) is 11.1 Å². The molecule has 190 valence electrons. The molecular formula is C39H29N. The first-order valence-electron chi connectivity index (χ1n) is 14.0. The van der Waals surface area contributed by atoms with Crippen molar-refractivity contribution in [3.63, 3.8) is 0 Å². The Labute approximate surface area is 236 Å². The smallest absolute Gasteiger partial charge is 0.0746 e. The molecule has 0 saturated heterocycles. The van der Waals surface area contributed by atoms with Gasteiger partial charge in [0.1, 0.15) is 0 Å². The van der Waals surface area contributed by atoms with Crippen molar-refractivity contribution in [2.24, 2.45) is 0 Å². The Kier molecular flexibility index (Phi) is 4.93. The van der Waals surface area contributed by atoms with Crippen LogP contribution in [-0.2, 0) is 5.41 Å². The van der Waals surface area contributed by atoms with Crippen LogP contribution in [0.15, 0.2) is 140 Å². The van der Waals surface area contributed by atoms with Gasteiger partial charge in [-0.3, -0.25) is 0 Å². The number of hydrogen-bond acceptors (Lipinski definition) is 1. The second kappa shape index (κ2) is 8.56. The maximum Gasteiger partial charge on any atom is 0.0746 e. The third kappa shape index (κ3) is 3.03. The quantitative estimate of drug-likeness (QED) is 0.228. The van der Waals surface area contributed by atoms with Crippen LogP contribution in [0.4, 0.5) is 17.1 Å². The van der Waals surface area contributed by atoms with E-state index in [2.05, 4.69) is 158 Å². The van der Waals surface area contributed by atoms with Gasteiger partial charge < -0.3 is 4.90 Å². The summed E-state index contributed by atoms with van der Waals surface area (Å²) >= 11 is 0. The van der Waals surface area contributed by atoms with E-state index >= 15 is 0 Å². The summed E-state index contributed by atoms with van der Waals surface area (Å²) in [5.41, 5.74) is 16.4. The summed E-state index contributed by atoms with van der Waals surface area (Å²) in [4.78, 5) is 2.45. The van der Waals surface area contributed by atoms with E-state index in [0.29, 0.717) is 0 Å². The van der Waals surface area contributed by atoms with Crippen LogP contribution in [0.3, 0.4) is 0 Å². The van der Waals surface area contributed by atoms with Crippen molar-refractivity contribution in [2.45, 2.75) is 19.3 Å². The Morgan fingerprint density at radius 3 is 1.27 bits per heavy atom. The van der Waals surface area contributed by atoms with E-state index in [4.69, 9.17) is 0 Å². The number of nitrogens with zero attached hydrogens (tertiary/aromatic N) is 1. The molecule has 6 aromatic carbocycles. The van der Waals surface area contributed by atoms with Crippen LogP contribution >= 0.6 is 0 Å². The van der Waals surface area contributed by atoms with E-state index < -0.39 is 5.41 Å². The summed E-state index contributed by atoms with van der Waals surface area (Å²) in [6.45, 7) is 4.30. The fourth-order valence-corrected chi connectivity index (χ4v) is 7.13. The molecule has 8 rings (SSSR count). The van der Waals surface area contributed by atoms with Gasteiger partial charge in [0, 0.05) is 16.9 Å². The zero-order valence-electron chi connectivity index (χ0n) is 22.7. The van der Waals surface area contributed by atoms with Crippen LogP contribution in [0, 0.1) is 13.8 Å². The first kappa shape index (κ1) is 23.0. The van der Waals surface area contributed by atoms with Crippen molar-refractivity contribution in [1.82, 2.24) is 0 Å². The van der Waals surface area contributed by atoms with Crippen LogP contribution in [0.25, 0.3) is 22.3 Å². The molecule has 2 aliphatic rings. The molecule has 0 fully saturated rings. The SMILES string of the molecule is Cc1ccc(N(c2ccc(C)cc2)c2cccc3c2C2(c4ccccc4-c4ccccc42)c2ccccc2-3)cc1. The molecule has 0 amide bonds. The van der Waals surface area contributed by atoms with Gasteiger partial charge in [0.15, 0.2) is 0 Å².